The second kappa shape index (κ2) is 6.23. The van der Waals surface area contributed by atoms with Crippen molar-refractivity contribution in [1.29, 1.82) is 0 Å². The summed E-state index contributed by atoms with van der Waals surface area (Å²) in [5.74, 6) is 0.342. The van der Waals surface area contributed by atoms with Crippen LogP contribution >= 0.6 is 0 Å². The van der Waals surface area contributed by atoms with Crippen molar-refractivity contribution in [3.8, 4) is 0 Å². The second-order valence-electron chi connectivity index (χ2n) is 5.11. The molecule has 0 aromatic heterocycles. The van der Waals surface area contributed by atoms with Gasteiger partial charge in [0, 0.05) is 12.2 Å². The Morgan fingerprint density at radius 3 is 2.44 bits per heavy atom. The Morgan fingerprint density at radius 2 is 1.89 bits per heavy atom. The zero-order valence-corrected chi connectivity index (χ0v) is 12.4. The molecule has 18 heavy (non-hydrogen) atoms. The van der Waals surface area contributed by atoms with Crippen molar-refractivity contribution < 1.29 is 8.42 Å². The van der Waals surface area contributed by atoms with E-state index in [0.29, 0.717) is 6.54 Å². The largest absolute Gasteiger partial charge is 0.384 e. The van der Waals surface area contributed by atoms with Gasteiger partial charge in [0.15, 0.2) is 9.84 Å². The van der Waals surface area contributed by atoms with Crippen LogP contribution < -0.4 is 5.32 Å². The summed E-state index contributed by atoms with van der Waals surface area (Å²) in [6.07, 6.45) is 0. The molecule has 0 bridgehead atoms. The minimum atomic E-state index is -3.00. The Labute approximate surface area is 111 Å². The third-order valence-corrected chi connectivity index (χ3v) is 5.69. The van der Waals surface area contributed by atoms with Gasteiger partial charge in [-0.2, -0.15) is 0 Å². The normalized spacial score (nSPS) is 13.6. The number of benzene rings is 1. The van der Waals surface area contributed by atoms with Crippen molar-refractivity contribution in [2.75, 3.05) is 17.6 Å². The highest BCUT2D eigenvalue weighted by atomic mass is 32.2. The van der Waals surface area contributed by atoms with Gasteiger partial charge in [-0.25, -0.2) is 8.42 Å². The van der Waals surface area contributed by atoms with Crippen molar-refractivity contribution in [3.63, 3.8) is 0 Å². The lowest BCUT2D eigenvalue weighted by molar-refractivity contribution is 0.546. The molecule has 0 amide bonds. The Bertz CT molecular complexity index is 480. The van der Waals surface area contributed by atoms with Crippen LogP contribution in [0.4, 0.5) is 5.69 Å². The van der Waals surface area contributed by atoms with E-state index < -0.39 is 9.84 Å². The van der Waals surface area contributed by atoms with Crippen LogP contribution in [0.2, 0.25) is 0 Å². The summed E-state index contributed by atoms with van der Waals surface area (Å²) in [7, 11) is -3.00. The van der Waals surface area contributed by atoms with Gasteiger partial charge in [-0.05, 0) is 37.5 Å². The highest BCUT2D eigenvalue weighted by Gasteiger charge is 2.23. The van der Waals surface area contributed by atoms with Gasteiger partial charge in [0.25, 0.3) is 0 Å². The van der Waals surface area contributed by atoms with Gasteiger partial charge in [0.1, 0.15) is 0 Å². The van der Waals surface area contributed by atoms with Crippen LogP contribution in [0, 0.1) is 12.8 Å². The average Bonchev–Trinajstić information content (AvgIpc) is 2.27. The standard InChI is InChI=1S/C14H23NO2S/c1-11(2)13(4)18(16,17)9-8-15-14-7-5-6-12(3)10-14/h5-7,10-11,13,15H,8-9H2,1-4H3. The first kappa shape index (κ1) is 15.0. The number of hydrogen-bond acceptors (Lipinski definition) is 3. The van der Waals surface area contributed by atoms with Crippen molar-refractivity contribution in [3.05, 3.63) is 29.8 Å². The highest BCUT2D eigenvalue weighted by molar-refractivity contribution is 7.92. The molecule has 0 aliphatic rings. The van der Waals surface area contributed by atoms with E-state index in [2.05, 4.69) is 5.32 Å². The molecule has 1 N–H and O–H groups in total. The molecule has 0 heterocycles. The van der Waals surface area contributed by atoms with Crippen LogP contribution in [-0.4, -0.2) is 26.0 Å². The van der Waals surface area contributed by atoms with Crippen LogP contribution in [0.5, 0.6) is 0 Å². The Balaban J connectivity index is 2.52. The molecule has 0 saturated carbocycles. The van der Waals surface area contributed by atoms with Gasteiger partial charge in [0.2, 0.25) is 0 Å². The maximum Gasteiger partial charge on any atom is 0.154 e. The fraction of sp³-hybridized carbons (Fsp3) is 0.571. The van der Waals surface area contributed by atoms with E-state index in [1.807, 2.05) is 45.0 Å². The van der Waals surface area contributed by atoms with Crippen LogP contribution in [0.3, 0.4) is 0 Å². The van der Waals surface area contributed by atoms with Gasteiger partial charge in [-0.3, -0.25) is 0 Å². The van der Waals surface area contributed by atoms with Crippen molar-refractivity contribution >= 4 is 15.5 Å². The zero-order chi connectivity index (χ0) is 13.8. The molecule has 102 valence electrons. The number of nitrogens with one attached hydrogen (secondary N) is 1. The summed E-state index contributed by atoms with van der Waals surface area (Å²) in [5.41, 5.74) is 2.14. The fourth-order valence-electron chi connectivity index (χ4n) is 1.69. The summed E-state index contributed by atoms with van der Waals surface area (Å²) < 4.78 is 24.0. The molecule has 1 aromatic rings. The molecular weight excluding hydrogens is 246 g/mol. The van der Waals surface area contributed by atoms with E-state index in [0.717, 1.165) is 5.69 Å². The van der Waals surface area contributed by atoms with Gasteiger partial charge in [-0.15, -0.1) is 0 Å². The number of anilines is 1. The predicted octanol–water partition coefficient (Wildman–Crippen LogP) is 2.87. The second-order valence-corrected chi connectivity index (χ2v) is 7.59. The Morgan fingerprint density at radius 1 is 1.22 bits per heavy atom. The number of aryl methyl sites for hydroxylation is 1. The monoisotopic (exact) mass is 269 g/mol. The van der Waals surface area contributed by atoms with Crippen LogP contribution in [-0.2, 0) is 9.84 Å². The molecule has 1 aromatic carbocycles. The smallest absolute Gasteiger partial charge is 0.154 e. The lowest BCUT2D eigenvalue weighted by Gasteiger charge is -2.16. The van der Waals surface area contributed by atoms with Crippen LogP contribution in [0.15, 0.2) is 24.3 Å². The first-order valence-electron chi connectivity index (χ1n) is 6.35. The van der Waals surface area contributed by atoms with E-state index in [9.17, 15) is 8.42 Å². The van der Waals surface area contributed by atoms with E-state index in [-0.39, 0.29) is 16.9 Å². The van der Waals surface area contributed by atoms with Gasteiger partial charge in [0.05, 0.1) is 11.0 Å². The molecule has 1 rings (SSSR count). The molecule has 0 aliphatic carbocycles. The molecule has 0 saturated heterocycles. The summed E-state index contributed by atoms with van der Waals surface area (Å²) in [6.45, 7) is 8.14. The molecule has 0 radical (unpaired) electrons. The summed E-state index contributed by atoms with van der Waals surface area (Å²) in [4.78, 5) is 0. The number of sulfone groups is 1. The maximum atomic E-state index is 12.0. The molecule has 1 unspecified atom stereocenters. The molecule has 1 atom stereocenters. The van der Waals surface area contributed by atoms with Crippen LogP contribution in [0.1, 0.15) is 26.3 Å². The number of hydrogen-bond donors (Lipinski definition) is 1. The molecule has 0 spiro atoms. The average molecular weight is 269 g/mol. The Hall–Kier alpha value is -1.03. The van der Waals surface area contributed by atoms with E-state index in [4.69, 9.17) is 0 Å². The molecule has 3 nitrogen and oxygen atoms in total. The van der Waals surface area contributed by atoms with Gasteiger partial charge >= 0.3 is 0 Å². The molecule has 0 aliphatic heterocycles. The fourth-order valence-corrected chi connectivity index (χ4v) is 3.28. The van der Waals surface area contributed by atoms with Crippen LogP contribution in [0.25, 0.3) is 0 Å². The topological polar surface area (TPSA) is 46.2 Å². The quantitative estimate of drug-likeness (QED) is 0.863. The SMILES string of the molecule is Cc1cccc(NCCS(=O)(=O)C(C)C(C)C)c1. The van der Waals surface area contributed by atoms with E-state index in [1.54, 1.807) is 6.92 Å². The third-order valence-electron chi connectivity index (χ3n) is 3.24. The van der Waals surface area contributed by atoms with E-state index >= 15 is 0 Å². The molecule has 0 fully saturated rings. The van der Waals surface area contributed by atoms with Crippen molar-refractivity contribution in [2.24, 2.45) is 5.92 Å². The predicted molar refractivity (Wildman–Crippen MR) is 77.8 cm³/mol. The molecule has 4 heteroatoms. The molecular formula is C14H23NO2S. The highest BCUT2D eigenvalue weighted by Crippen LogP contribution is 2.13. The minimum Gasteiger partial charge on any atom is -0.384 e. The Kier molecular flexibility index (Phi) is 5.20. The lowest BCUT2D eigenvalue weighted by atomic mass is 10.2. The lowest BCUT2D eigenvalue weighted by Crippen LogP contribution is -2.29. The van der Waals surface area contributed by atoms with Gasteiger partial charge in [-0.1, -0.05) is 26.0 Å². The summed E-state index contributed by atoms with van der Waals surface area (Å²) in [5, 5.41) is 2.88. The number of rotatable bonds is 6. The van der Waals surface area contributed by atoms with Gasteiger partial charge < -0.3 is 5.32 Å². The van der Waals surface area contributed by atoms with E-state index in [1.165, 1.54) is 5.56 Å². The summed E-state index contributed by atoms with van der Waals surface area (Å²) >= 11 is 0. The first-order chi connectivity index (χ1) is 8.33. The first-order valence-corrected chi connectivity index (χ1v) is 8.06. The van der Waals surface area contributed by atoms with Crippen molar-refractivity contribution in [1.82, 2.24) is 0 Å². The minimum absolute atomic E-state index is 0.161. The third kappa shape index (κ3) is 4.33. The van der Waals surface area contributed by atoms with Crippen molar-refractivity contribution in [2.45, 2.75) is 32.9 Å². The maximum absolute atomic E-state index is 12.0. The zero-order valence-electron chi connectivity index (χ0n) is 11.6. The summed E-state index contributed by atoms with van der Waals surface area (Å²) in [6, 6.07) is 7.94.